The summed E-state index contributed by atoms with van der Waals surface area (Å²) < 4.78 is 14.8. The van der Waals surface area contributed by atoms with E-state index in [1.54, 1.807) is 20.7 Å². The molecule has 1 aliphatic heterocycles. The Morgan fingerprint density at radius 2 is 1.57 bits per heavy atom. The van der Waals surface area contributed by atoms with Crippen molar-refractivity contribution in [1.29, 1.82) is 0 Å². The summed E-state index contributed by atoms with van der Waals surface area (Å²) in [4.78, 5) is 28.6. The molecule has 0 bridgehead atoms. The number of rotatable bonds is 5. The Hall–Kier alpha value is -3.48. The topological polar surface area (TPSA) is 58.4 Å². The molecule has 7 heteroatoms. The standard InChI is InChI=1S/C23H23FN4O2/c24-20-9-7-19(8-10-20)23(30)27-14-12-26(13-15-27)22(29)11-6-18-16-25-28(17-18)21-4-2-1-3-5-21/h1-5,7-10,16-17H,6,11-15H2. The monoisotopic (exact) mass is 406 g/mol. The van der Waals surface area contributed by atoms with Crippen molar-refractivity contribution in [3.8, 4) is 5.69 Å². The van der Waals surface area contributed by atoms with E-state index in [4.69, 9.17) is 0 Å². The molecule has 3 aromatic rings. The molecule has 4 rings (SSSR count). The van der Waals surface area contributed by atoms with E-state index in [2.05, 4.69) is 5.10 Å². The van der Waals surface area contributed by atoms with Gasteiger partial charge in [-0.3, -0.25) is 9.59 Å². The van der Waals surface area contributed by atoms with Crippen LogP contribution in [0.25, 0.3) is 5.69 Å². The van der Waals surface area contributed by atoms with Crippen molar-refractivity contribution in [3.05, 3.63) is 83.9 Å². The number of benzene rings is 2. The summed E-state index contributed by atoms with van der Waals surface area (Å²) in [5.74, 6) is -0.414. The van der Waals surface area contributed by atoms with Crippen LogP contribution in [0.15, 0.2) is 67.0 Å². The zero-order valence-electron chi connectivity index (χ0n) is 16.6. The number of carbonyl (C=O) groups excluding carboxylic acids is 2. The second kappa shape index (κ2) is 8.90. The van der Waals surface area contributed by atoms with Crippen LogP contribution in [-0.4, -0.2) is 57.6 Å². The summed E-state index contributed by atoms with van der Waals surface area (Å²) in [5.41, 5.74) is 2.46. The first-order valence-corrected chi connectivity index (χ1v) is 10.0. The van der Waals surface area contributed by atoms with Crippen molar-refractivity contribution < 1.29 is 14.0 Å². The zero-order valence-corrected chi connectivity index (χ0v) is 16.6. The molecule has 0 N–H and O–H groups in total. The number of piperazine rings is 1. The van der Waals surface area contributed by atoms with Crippen molar-refractivity contribution in [2.24, 2.45) is 0 Å². The Bertz CT molecular complexity index is 1010. The van der Waals surface area contributed by atoms with E-state index < -0.39 is 0 Å². The second-order valence-corrected chi connectivity index (χ2v) is 7.31. The van der Waals surface area contributed by atoms with Gasteiger partial charge in [-0.25, -0.2) is 9.07 Å². The number of amides is 2. The van der Waals surface area contributed by atoms with Gasteiger partial charge in [0, 0.05) is 44.4 Å². The van der Waals surface area contributed by atoms with E-state index in [9.17, 15) is 14.0 Å². The van der Waals surface area contributed by atoms with Crippen LogP contribution >= 0.6 is 0 Å². The van der Waals surface area contributed by atoms with Crippen molar-refractivity contribution in [2.75, 3.05) is 26.2 Å². The van der Waals surface area contributed by atoms with Crippen molar-refractivity contribution in [1.82, 2.24) is 19.6 Å². The molecule has 1 aromatic heterocycles. The number of para-hydroxylation sites is 1. The molecule has 1 fully saturated rings. The molecule has 6 nitrogen and oxygen atoms in total. The van der Waals surface area contributed by atoms with Crippen LogP contribution in [-0.2, 0) is 11.2 Å². The number of aryl methyl sites for hydroxylation is 1. The fourth-order valence-electron chi connectivity index (χ4n) is 3.55. The van der Waals surface area contributed by atoms with Gasteiger partial charge in [0.1, 0.15) is 5.82 Å². The second-order valence-electron chi connectivity index (χ2n) is 7.31. The molecule has 0 radical (unpaired) electrons. The Balaban J connectivity index is 1.26. The number of carbonyl (C=O) groups is 2. The van der Waals surface area contributed by atoms with Gasteiger partial charge in [-0.1, -0.05) is 18.2 Å². The molecule has 0 aliphatic carbocycles. The van der Waals surface area contributed by atoms with Crippen LogP contribution in [0.3, 0.4) is 0 Å². The van der Waals surface area contributed by atoms with E-state index in [0.717, 1.165) is 11.3 Å². The SMILES string of the molecule is O=C(CCc1cnn(-c2ccccc2)c1)N1CCN(C(=O)c2ccc(F)cc2)CC1. The van der Waals surface area contributed by atoms with Gasteiger partial charge in [-0.05, 0) is 48.4 Å². The van der Waals surface area contributed by atoms with Crippen LogP contribution in [0.4, 0.5) is 4.39 Å². The lowest BCUT2D eigenvalue weighted by molar-refractivity contribution is -0.132. The Morgan fingerprint density at radius 1 is 0.900 bits per heavy atom. The molecule has 0 saturated carbocycles. The van der Waals surface area contributed by atoms with Crippen molar-refractivity contribution in [3.63, 3.8) is 0 Å². The van der Waals surface area contributed by atoms with Gasteiger partial charge in [0.2, 0.25) is 5.91 Å². The molecule has 2 amide bonds. The molecule has 0 atom stereocenters. The Labute approximate surface area is 174 Å². The van der Waals surface area contributed by atoms with E-state index in [1.807, 2.05) is 36.5 Å². The van der Waals surface area contributed by atoms with E-state index in [0.29, 0.717) is 44.6 Å². The Morgan fingerprint density at radius 3 is 2.27 bits per heavy atom. The van der Waals surface area contributed by atoms with Crippen molar-refractivity contribution in [2.45, 2.75) is 12.8 Å². The minimum absolute atomic E-state index is 0.0799. The third-order valence-electron chi connectivity index (χ3n) is 5.30. The molecule has 30 heavy (non-hydrogen) atoms. The number of nitrogens with zero attached hydrogens (tertiary/aromatic N) is 4. The first kappa shape index (κ1) is 19.8. The lowest BCUT2D eigenvalue weighted by atomic mass is 10.1. The fourth-order valence-corrected chi connectivity index (χ4v) is 3.55. The normalized spacial score (nSPS) is 14.0. The average Bonchev–Trinajstić information content (AvgIpc) is 3.27. The first-order valence-electron chi connectivity index (χ1n) is 10.0. The van der Waals surface area contributed by atoms with E-state index in [1.165, 1.54) is 24.3 Å². The summed E-state index contributed by atoms with van der Waals surface area (Å²) in [7, 11) is 0. The lowest BCUT2D eigenvalue weighted by Crippen LogP contribution is -2.50. The number of halogens is 1. The first-order chi connectivity index (χ1) is 14.6. The number of aromatic nitrogens is 2. The molecule has 0 unspecified atom stereocenters. The molecule has 1 saturated heterocycles. The Kier molecular flexibility index (Phi) is 5.88. The average molecular weight is 406 g/mol. The van der Waals surface area contributed by atoms with Gasteiger partial charge in [-0.2, -0.15) is 5.10 Å². The maximum atomic E-state index is 13.0. The van der Waals surface area contributed by atoms with Gasteiger partial charge in [0.05, 0.1) is 11.9 Å². The lowest BCUT2D eigenvalue weighted by Gasteiger charge is -2.35. The van der Waals surface area contributed by atoms with Crippen LogP contribution in [0.5, 0.6) is 0 Å². The molecule has 2 heterocycles. The zero-order chi connectivity index (χ0) is 20.9. The van der Waals surface area contributed by atoms with Crippen LogP contribution in [0.1, 0.15) is 22.3 Å². The maximum Gasteiger partial charge on any atom is 0.253 e. The predicted octanol–water partition coefficient (Wildman–Crippen LogP) is 2.93. The largest absolute Gasteiger partial charge is 0.339 e. The van der Waals surface area contributed by atoms with Crippen molar-refractivity contribution >= 4 is 11.8 Å². The number of hydrogen-bond acceptors (Lipinski definition) is 3. The minimum Gasteiger partial charge on any atom is -0.339 e. The van der Waals surface area contributed by atoms with Gasteiger partial charge in [0.15, 0.2) is 0 Å². The highest BCUT2D eigenvalue weighted by atomic mass is 19.1. The maximum absolute atomic E-state index is 13.0. The van der Waals surface area contributed by atoms with Crippen LogP contribution < -0.4 is 0 Å². The molecule has 2 aromatic carbocycles. The van der Waals surface area contributed by atoms with Gasteiger partial charge in [-0.15, -0.1) is 0 Å². The van der Waals surface area contributed by atoms with Gasteiger partial charge < -0.3 is 9.80 Å². The fraction of sp³-hybridized carbons (Fsp3) is 0.261. The number of hydrogen-bond donors (Lipinski definition) is 0. The summed E-state index contributed by atoms with van der Waals surface area (Å²) in [6.07, 6.45) is 4.77. The molecule has 1 aliphatic rings. The smallest absolute Gasteiger partial charge is 0.253 e. The summed E-state index contributed by atoms with van der Waals surface area (Å²) in [6, 6.07) is 15.4. The third kappa shape index (κ3) is 4.56. The quantitative estimate of drug-likeness (QED) is 0.655. The summed E-state index contributed by atoms with van der Waals surface area (Å²) in [5, 5.41) is 4.36. The van der Waals surface area contributed by atoms with Gasteiger partial charge >= 0.3 is 0 Å². The molecular formula is C23H23FN4O2. The highest BCUT2D eigenvalue weighted by Gasteiger charge is 2.24. The molecule has 0 spiro atoms. The highest BCUT2D eigenvalue weighted by Crippen LogP contribution is 2.13. The van der Waals surface area contributed by atoms with Gasteiger partial charge in [0.25, 0.3) is 5.91 Å². The van der Waals surface area contributed by atoms with Crippen LogP contribution in [0.2, 0.25) is 0 Å². The summed E-state index contributed by atoms with van der Waals surface area (Å²) in [6.45, 7) is 1.98. The highest BCUT2D eigenvalue weighted by molar-refractivity contribution is 5.94. The minimum atomic E-state index is -0.365. The predicted molar refractivity (Wildman–Crippen MR) is 111 cm³/mol. The molecular weight excluding hydrogens is 383 g/mol. The van der Waals surface area contributed by atoms with Crippen LogP contribution in [0, 0.1) is 5.82 Å². The van der Waals surface area contributed by atoms with E-state index in [-0.39, 0.29) is 17.6 Å². The molecule has 154 valence electrons. The van der Waals surface area contributed by atoms with E-state index >= 15 is 0 Å². The summed E-state index contributed by atoms with van der Waals surface area (Å²) >= 11 is 0. The third-order valence-corrected chi connectivity index (χ3v) is 5.30.